The predicted molar refractivity (Wildman–Crippen MR) is 85.5 cm³/mol. The lowest BCUT2D eigenvalue weighted by molar-refractivity contribution is -0.759. The first-order valence-corrected chi connectivity index (χ1v) is 9.67. The average molecular weight is 362 g/mol. The molecule has 10 nitrogen and oxygen atoms in total. The molecule has 24 heavy (non-hydrogen) atoms. The van der Waals surface area contributed by atoms with Gasteiger partial charge in [-0.3, -0.25) is 9.84 Å². The molecule has 1 aromatic rings. The molecule has 1 N–H and O–H groups in total. The maximum Gasteiger partial charge on any atom is 0.414 e. The lowest BCUT2D eigenvalue weighted by Crippen LogP contribution is -2.65. The van der Waals surface area contributed by atoms with Crippen molar-refractivity contribution in [3.05, 3.63) is 6.20 Å². The summed E-state index contributed by atoms with van der Waals surface area (Å²) in [4.78, 5) is 13.1. The molecule has 1 aliphatic rings. The molecule has 0 saturated carbocycles. The van der Waals surface area contributed by atoms with Gasteiger partial charge in [-0.15, -0.1) is 0 Å². The number of amides is 1. The van der Waals surface area contributed by atoms with Crippen LogP contribution in [0, 0.1) is 5.92 Å². The number of ether oxygens (including phenoxy) is 1. The van der Waals surface area contributed by atoms with Crippen LogP contribution in [0.1, 0.15) is 20.3 Å². The molecule has 2 heterocycles. The molecule has 1 aliphatic heterocycles. The summed E-state index contributed by atoms with van der Waals surface area (Å²) in [6.45, 7) is 6.05. The minimum Gasteiger partial charge on any atom is -0.449 e. The normalized spacial score (nSPS) is 17.5. The van der Waals surface area contributed by atoms with E-state index in [0.717, 1.165) is 6.42 Å². The van der Waals surface area contributed by atoms with Gasteiger partial charge in [0.05, 0.1) is 30.7 Å². The number of carbonyl (C=O) groups excluding carboxylic acids is 1. The third kappa shape index (κ3) is 5.06. The highest BCUT2D eigenvalue weighted by Gasteiger charge is 2.29. The van der Waals surface area contributed by atoms with Crippen LogP contribution < -0.4 is 15.1 Å². The first-order valence-electron chi connectivity index (χ1n) is 7.82. The van der Waals surface area contributed by atoms with Gasteiger partial charge in [-0.2, -0.15) is 9.31 Å². The molecule has 0 aromatic carbocycles. The van der Waals surface area contributed by atoms with Crippen LogP contribution in [0.2, 0.25) is 0 Å². The topological polar surface area (TPSA) is 109 Å². The molecule has 2 rings (SSSR count). The number of hydrogen-bond donors (Lipinski definition) is 1. The van der Waals surface area contributed by atoms with Crippen molar-refractivity contribution >= 4 is 22.0 Å². The lowest BCUT2D eigenvalue weighted by Gasteiger charge is -2.27. The quantitative estimate of drug-likeness (QED) is 0.696. The van der Waals surface area contributed by atoms with Crippen molar-refractivity contribution in [2.75, 3.05) is 49.4 Å². The van der Waals surface area contributed by atoms with Crippen LogP contribution in [0.4, 0.5) is 10.7 Å². The predicted octanol–water partition coefficient (Wildman–Crippen LogP) is -0.230. The van der Waals surface area contributed by atoms with Gasteiger partial charge in [-0.05, 0) is 5.92 Å². The summed E-state index contributed by atoms with van der Waals surface area (Å²) in [5.74, 6) is 0.455. The Labute approximate surface area is 141 Å². The Morgan fingerprint density at radius 3 is 2.71 bits per heavy atom. The number of piperazine rings is 1. The standard InChI is InChI=1S/C13H23N5O5S/c1-4-11(2)10-22-13(19)14-12-9-18(15-23-12)16-5-7-17(8-6-16)24(3,20)21/h9,11H,4-8,10H2,1-3H3/p+1/t11-/m0/s1. The molecule has 136 valence electrons. The van der Waals surface area contributed by atoms with E-state index in [-0.39, 0.29) is 5.88 Å². The summed E-state index contributed by atoms with van der Waals surface area (Å²) >= 11 is 0. The maximum absolute atomic E-state index is 11.7. The van der Waals surface area contributed by atoms with Crippen LogP contribution in [0.15, 0.2) is 10.7 Å². The molecule has 1 aromatic heterocycles. The van der Waals surface area contributed by atoms with Gasteiger partial charge in [-0.25, -0.2) is 13.2 Å². The van der Waals surface area contributed by atoms with Crippen molar-refractivity contribution in [2.45, 2.75) is 20.3 Å². The van der Waals surface area contributed by atoms with Crippen LogP contribution >= 0.6 is 0 Å². The van der Waals surface area contributed by atoms with E-state index < -0.39 is 16.1 Å². The maximum atomic E-state index is 11.7. The van der Waals surface area contributed by atoms with E-state index in [1.54, 1.807) is 0 Å². The molecule has 0 bridgehead atoms. The van der Waals surface area contributed by atoms with E-state index in [9.17, 15) is 13.2 Å². The Balaban J connectivity index is 1.84. The summed E-state index contributed by atoms with van der Waals surface area (Å²) in [5, 5.41) is 8.11. The number of carbonyl (C=O) groups is 1. The molecule has 1 fully saturated rings. The fraction of sp³-hybridized carbons (Fsp3) is 0.769. The molecule has 0 aliphatic carbocycles. The van der Waals surface area contributed by atoms with Crippen molar-refractivity contribution in [3.8, 4) is 0 Å². The summed E-state index contributed by atoms with van der Waals surface area (Å²) < 4.78 is 34.5. The van der Waals surface area contributed by atoms with E-state index in [2.05, 4.69) is 10.6 Å². The zero-order chi connectivity index (χ0) is 17.7. The Morgan fingerprint density at radius 2 is 2.12 bits per heavy atom. The molecule has 11 heteroatoms. The number of nitrogens with zero attached hydrogens (tertiary/aromatic N) is 4. The molecule has 0 radical (unpaired) electrons. The Hall–Kier alpha value is -1.88. The highest BCUT2D eigenvalue weighted by Crippen LogP contribution is 2.06. The first-order chi connectivity index (χ1) is 11.3. The largest absolute Gasteiger partial charge is 0.449 e. The SMILES string of the molecule is CC[C@H](C)COC(=O)Nc1c[n+](N2CCN(S(C)(=O)=O)CC2)no1. The third-order valence-electron chi connectivity index (χ3n) is 3.85. The molecule has 0 spiro atoms. The summed E-state index contributed by atoms with van der Waals surface area (Å²) in [7, 11) is -3.18. The van der Waals surface area contributed by atoms with Gasteiger partial charge in [0.2, 0.25) is 15.3 Å². The van der Waals surface area contributed by atoms with Gasteiger partial charge in [-0.1, -0.05) is 20.3 Å². The zero-order valence-corrected chi connectivity index (χ0v) is 15.0. The number of aromatic nitrogens is 2. The van der Waals surface area contributed by atoms with Crippen LogP contribution in [0.25, 0.3) is 0 Å². The zero-order valence-electron chi connectivity index (χ0n) is 14.1. The highest BCUT2D eigenvalue weighted by atomic mass is 32.2. The fourth-order valence-electron chi connectivity index (χ4n) is 2.11. The van der Waals surface area contributed by atoms with Crippen molar-refractivity contribution in [1.82, 2.24) is 9.58 Å². The lowest BCUT2D eigenvalue weighted by atomic mass is 10.1. The Morgan fingerprint density at radius 1 is 1.46 bits per heavy atom. The average Bonchev–Trinajstić information content (AvgIpc) is 3.00. The van der Waals surface area contributed by atoms with Crippen molar-refractivity contribution < 1.29 is 27.3 Å². The summed E-state index contributed by atoms with van der Waals surface area (Å²) in [6, 6.07) is 0. The van der Waals surface area contributed by atoms with Crippen molar-refractivity contribution in [1.29, 1.82) is 0 Å². The molecule has 1 atom stereocenters. The van der Waals surface area contributed by atoms with Gasteiger partial charge in [0, 0.05) is 13.1 Å². The van der Waals surface area contributed by atoms with E-state index in [4.69, 9.17) is 9.26 Å². The number of nitrogens with one attached hydrogen (secondary N) is 1. The minimum atomic E-state index is -3.18. The van der Waals surface area contributed by atoms with Crippen LogP contribution in [0.3, 0.4) is 0 Å². The van der Waals surface area contributed by atoms with Gasteiger partial charge < -0.3 is 4.74 Å². The monoisotopic (exact) mass is 362 g/mol. The van der Waals surface area contributed by atoms with Crippen LogP contribution in [-0.2, 0) is 14.8 Å². The number of rotatable bonds is 6. The smallest absolute Gasteiger partial charge is 0.414 e. The van der Waals surface area contributed by atoms with Gasteiger partial charge in [0.15, 0.2) is 0 Å². The van der Waals surface area contributed by atoms with Crippen molar-refractivity contribution in [2.24, 2.45) is 5.92 Å². The molecule has 1 saturated heterocycles. The molecular formula is C13H24N5O5S+. The second-order valence-corrected chi connectivity index (χ2v) is 7.82. The number of sulfonamides is 1. The third-order valence-corrected chi connectivity index (χ3v) is 5.15. The highest BCUT2D eigenvalue weighted by molar-refractivity contribution is 7.88. The Bertz CT molecular complexity index is 653. The van der Waals surface area contributed by atoms with E-state index in [1.165, 1.54) is 21.5 Å². The Kier molecular flexibility index (Phi) is 5.99. The van der Waals surface area contributed by atoms with Gasteiger partial charge >= 0.3 is 12.0 Å². The fourth-order valence-corrected chi connectivity index (χ4v) is 2.94. The van der Waals surface area contributed by atoms with E-state index >= 15 is 0 Å². The van der Waals surface area contributed by atoms with Gasteiger partial charge in [0.25, 0.3) is 6.20 Å². The summed E-state index contributed by atoms with van der Waals surface area (Å²) in [5.41, 5.74) is 0. The molecule has 1 amide bonds. The van der Waals surface area contributed by atoms with Crippen LogP contribution in [-0.4, -0.2) is 63.1 Å². The second-order valence-electron chi connectivity index (χ2n) is 5.84. The number of hydrogen-bond acceptors (Lipinski definition) is 7. The van der Waals surface area contributed by atoms with Crippen LogP contribution in [0.5, 0.6) is 0 Å². The van der Waals surface area contributed by atoms with Crippen molar-refractivity contribution in [3.63, 3.8) is 0 Å². The number of anilines is 1. The minimum absolute atomic E-state index is 0.162. The molecular weight excluding hydrogens is 338 g/mol. The van der Waals surface area contributed by atoms with E-state index in [1.807, 2.05) is 18.9 Å². The van der Waals surface area contributed by atoms with Gasteiger partial charge in [0.1, 0.15) is 0 Å². The first kappa shape index (κ1) is 18.5. The summed E-state index contributed by atoms with van der Waals surface area (Å²) in [6.07, 6.45) is 3.04. The second kappa shape index (κ2) is 7.79. The van der Waals surface area contributed by atoms with E-state index in [0.29, 0.717) is 38.7 Å². The molecule has 0 unspecified atom stereocenters.